The number of aromatic amines is 1. The van der Waals surface area contributed by atoms with Gasteiger partial charge in [0.15, 0.2) is 0 Å². The van der Waals surface area contributed by atoms with Crippen LogP contribution in [0.5, 0.6) is 0 Å². The van der Waals surface area contributed by atoms with Gasteiger partial charge in [0.05, 0.1) is 13.0 Å². The average Bonchev–Trinajstić information content (AvgIpc) is 3.53. The Balaban J connectivity index is 1.45. The number of hydrogen-bond acceptors (Lipinski definition) is 5. The summed E-state index contributed by atoms with van der Waals surface area (Å²) in [6, 6.07) is 25.5. The number of nitrogens with one attached hydrogen (secondary N) is 1. The van der Waals surface area contributed by atoms with Crippen LogP contribution in [0.25, 0.3) is 22.5 Å². The molecule has 0 aliphatic heterocycles. The van der Waals surface area contributed by atoms with Gasteiger partial charge in [-0.15, -0.1) is 10.2 Å². The van der Waals surface area contributed by atoms with Crippen LogP contribution in [-0.4, -0.2) is 35.7 Å². The van der Waals surface area contributed by atoms with E-state index in [4.69, 9.17) is 0 Å². The highest BCUT2D eigenvalue weighted by Crippen LogP contribution is 2.29. The molecule has 2 aromatic heterocycles. The van der Waals surface area contributed by atoms with E-state index in [0.29, 0.717) is 12.4 Å². The standard InChI is InChI=1S/C29H28N6O2/c1-3-9-26-20(2)35(27(36)18-21-10-5-4-6-11-21)29(37)34(26)19-22-14-16-23(17-15-22)24-12-7-8-13-25(24)28-30-32-33-31-28/h4-8,10-17H,3,9,18-19H2,1-2H3,(H,30,31,32,33). The van der Waals surface area contributed by atoms with Crippen molar-refractivity contribution in [3.63, 3.8) is 0 Å². The summed E-state index contributed by atoms with van der Waals surface area (Å²) < 4.78 is 3.08. The molecule has 0 aliphatic rings. The summed E-state index contributed by atoms with van der Waals surface area (Å²) >= 11 is 0. The van der Waals surface area contributed by atoms with Crippen molar-refractivity contribution >= 4 is 5.91 Å². The number of tetrazole rings is 1. The number of nitrogens with zero attached hydrogens (tertiary/aromatic N) is 5. The van der Waals surface area contributed by atoms with E-state index in [9.17, 15) is 9.59 Å². The summed E-state index contributed by atoms with van der Waals surface area (Å²) in [5.41, 5.74) is 6.10. The molecular weight excluding hydrogens is 464 g/mol. The van der Waals surface area contributed by atoms with E-state index in [2.05, 4.69) is 27.5 Å². The quantitative estimate of drug-likeness (QED) is 0.339. The monoisotopic (exact) mass is 492 g/mol. The van der Waals surface area contributed by atoms with Gasteiger partial charge in [-0.2, -0.15) is 5.21 Å². The number of aromatic nitrogens is 6. The van der Waals surface area contributed by atoms with Crippen LogP contribution < -0.4 is 5.69 Å². The molecule has 0 unspecified atom stereocenters. The third-order valence-corrected chi connectivity index (χ3v) is 6.55. The van der Waals surface area contributed by atoms with Crippen LogP contribution in [0.2, 0.25) is 0 Å². The van der Waals surface area contributed by atoms with E-state index in [1.165, 1.54) is 4.57 Å². The lowest BCUT2D eigenvalue weighted by atomic mass is 9.98. The first-order chi connectivity index (χ1) is 18.1. The summed E-state index contributed by atoms with van der Waals surface area (Å²) in [4.78, 5) is 26.6. The van der Waals surface area contributed by atoms with Crippen LogP contribution in [0.15, 0.2) is 83.7 Å². The number of H-pyrrole nitrogens is 1. The minimum absolute atomic E-state index is 0.186. The molecule has 0 saturated carbocycles. The number of carbonyl (C=O) groups excluding carboxylic acids is 1. The number of carbonyl (C=O) groups is 1. The zero-order chi connectivity index (χ0) is 25.8. The molecule has 186 valence electrons. The Hall–Kier alpha value is -4.59. The van der Waals surface area contributed by atoms with Gasteiger partial charge >= 0.3 is 5.69 Å². The van der Waals surface area contributed by atoms with Crippen LogP contribution in [0.4, 0.5) is 0 Å². The summed E-state index contributed by atoms with van der Waals surface area (Å²) in [6.45, 7) is 4.34. The van der Waals surface area contributed by atoms with Gasteiger partial charge in [0.25, 0.3) is 0 Å². The Morgan fingerprint density at radius 1 is 0.892 bits per heavy atom. The third kappa shape index (κ3) is 4.91. The Bertz CT molecular complexity index is 1570. The van der Waals surface area contributed by atoms with Crippen LogP contribution in [0.1, 0.15) is 40.7 Å². The molecule has 0 fully saturated rings. The summed E-state index contributed by atoms with van der Waals surface area (Å²) in [7, 11) is 0. The fourth-order valence-corrected chi connectivity index (χ4v) is 4.74. The molecule has 8 nitrogen and oxygen atoms in total. The smallest absolute Gasteiger partial charge is 0.291 e. The van der Waals surface area contributed by atoms with Crippen LogP contribution in [-0.2, 0) is 19.4 Å². The topological polar surface area (TPSA) is 98.5 Å². The lowest BCUT2D eigenvalue weighted by Gasteiger charge is -2.10. The van der Waals surface area contributed by atoms with Gasteiger partial charge in [-0.25, -0.2) is 9.36 Å². The van der Waals surface area contributed by atoms with Crippen molar-refractivity contribution in [2.75, 3.05) is 0 Å². The highest BCUT2D eigenvalue weighted by atomic mass is 16.2. The summed E-state index contributed by atoms with van der Waals surface area (Å²) in [5.74, 6) is 0.325. The summed E-state index contributed by atoms with van der Waals surface area (Å²) in [6.07, 6.45) is 1.79. The zero-order valence-corrected chi connectivity index (χ0v) is 20.9. The molecule has 0 atom stereocenters. The molecule has 0 amide bonds. The van der Waals surface area contributed by atoms with Crippen LogP contribution in [0, 0.1) is 6.92 Å². The second-order valence-electron chi connectivity index (χ2n) is 9.02. The van der Waals surface area contributed by atoms with Crippen molar-refractivity contribution in [2.45, 2.75) is 39.7 Å². The lowest BCUT2D eigenvalue weighted by molar-refractivity contribution is 0.0907. The average molecular weight is 493 g/mol. The van der Waals surface area contributed by atoms with E-state index in [1.54, 1.807) is 4.57 Å². The minimum atomic E-state index is -0.284. The number of benzene rings is 3. The molecule has 37 heavy (non-hydrogen) atoms. The van der Waals surface area contributed by atoms with Crippen molar-refractivity contribution in [3.8, 4) is 22.5 Å². The van der Waals surface area contributed by atoms with E-state index >= 15 is 0 Å². The van der Waals surface area contributed by atoms with Crippen molar-refractivity contribution in [2.24, 2.45) is 0 Å². The van der Waals surface area contributed by atoms with Crippen LogP contribution in [0.3, 0.4) is 0 Å². The van der Waals surface area contributed by atoms with Crippen molar-refractivity contribution in [3.05, 3.63) is 112 Å². The predicted molar refractivity (Wildman–Crippen MR) is 142 cm³/mol. The molecule has 2 heterocycles. The molecule has 0 aliphatic carbocycles. The molecule has 3 aromatic carbocycles. The molecule has 0 bridgehead atoms. The number of hydrogen-bond donors (Lipinski definition) is 1. The van der Waals surface area contributed by atoms with Crippen molar-refractivity contribution < 1.29 is 4.79 Å². The number of imidazole rings is 1. The highest BCUT2D eigenvalue weighted by Gasteiger charge is 2.21. The summed E-state index contributed by atoms with van der Waals surface area (Å²) in [5, 5.41) is 14.4. The Kier molecular flexibility index (Phi) is 6.89. The SMILES string of the molecule is CCCc1c(C)n(C(=O)Cc2ccccc2)c(=O)n1Cc1ccc(-c2ccccc2-c2nn[nH]n2)cc1. The zero-order valence-electron chi connectivity index (χ0n) is 20.9. The van der Waals surface area contributed by atoms with Gasteiger partial charge in [0.1, 0.15) is 0 Å². The Morgan fingerprint density at radius 3 is 2.27 bits per heavy atom. The first kappa shape index (κ1) is 24.1. The molecule has 0 spiro atoms. The first-order valence-electron chi connectivity index (χ1n) is 12.4. The molecular formula is C29H28N6O2. The first-order valence-corrected chi connectivity index (χ1v) is 12.4. The van der Waals surface area contributed by atoms with Gasteiger partial charge in [0.2, 0.25) is 11.7 Å². The predicted octanol–water partition coefficient (Wildman–Crippen LogP) is 4.69. The lowest BCUT2D eigenvalue weighted by Crippen LogP contribution is -2.31. The minimum Gasteiger partial charge on any atom is -0.291 e. The third-order valence-electron chi connectivity index (χ3n) is 6.55. The largest absolute Gasteiger partial charge is 0.335 e. The molecule has 0 saturated heterocycles. The van der Waals surface area contributed by atoms with E-state index in [0.717, 1.165) is 52.0 Å². The van der Waals surface area contributed by atoms with Gasteiger partial charge in [-0.3, -0.25) is 9.36 Å². The molecule has 0 radical (unpaired) electrons. The molecule has 5 rings (SSSR count). The normalized spacial score (nSPS) is 11.1. The number of rotatable bonds is 8. The van der Waals surface area contributed by atoms with Crippen molar-refractivity contribution in [1.82, 2.24) is 29.8 Å². The molecule has 1 N–H and O–H groups in total. The Morgan fingerprint density at radius 2 is 1.59 bits per heavy atom. The van der Waals surface area contributed by atoms with E-state index in [-0.39, 0.29) is 18.0 Å². The van der Waals surface area contributed by atoms with Crippen LogP contribution >= 0.6 is 0 Å². The van der Waals surface area contributed by atoms with Gasteiger partial charge in [-0.1, -0.05) is 92.2 Å². The second kappa shape index (κ2) is 10.6. The second-order valence-corrected chi connectivity index (χ2v) is 9.02. The van der Waals surface area contributed by atoms with Gasteiger partial charge in [-0.05, 0) is 40.8 Å². The maximum atomic E-state index is 13.5. The fourth-order valence-electron chi connectivity index (χ4n) is 4.74. The molecule has 8 heteroatoms. The van der Waals surface area contributed by atoms with Gasteiger partial charge < -0.3 is 0 Å². The molecule has 5 aromatic rings. The highest BCUT2D eigenvalue weighted by molar-refractivity contribution is 5.82. The Labute approximate surface area is 214 Å². The maximum absolute atomic E-state index is 13.5. The van der Waals surface area contributed by atoms with E-state index < -0.39 is 0 Å². The van der Waals surface area contributed by atoms with Crippen molar-refractivity contribution in [1.29, 1.82) is 0 Å². The maximum Gasteiger partial charge on any atom is 0.335 e. The fraction of sp³-hybridized carbons (Fsp3) is 0.207. The van der Waals surface area contributed by atoms with E-state index in [1.807, 2.05) is 85.8 Å². The van der Waals surface area contributed by atoms with Gasteiger partial charge in [0, 0.05) is 17.0 Å².